The summed E-state index contributed by atoms with van der Waals surface area (Å²) in [6, 6.07) is 5.21. The largest absolute Gasteiger partial charge is 0.493 e. The van der Waals surface area contributed by atoms with Gasteiger partial charge < -0.3 is 14.8 Å². The van der Waals surface area contributed by atoms with E-state index in [0.717, 1.165) is 6.42 Å². The number of rotatable bonds is 6. The third-order valence-corrected chi connectivity index (χ3v) is 3.06. The van der Waals surface area contributed by atoms with Crippen LogP contribution in [0.25, 0.3) is 0 Å². The lowest BCUT2D eigenvalue weighted by molar-refractivity contribution is 0.0911. The standard InChI is InChI=1S/C15H23NO3/c1-6-15(3,4)16-14(17)11-8-9-12(19-7-2)13(10-11)18-5/h8-10H,6-7H2,1-5H3,(H,16,17). The van der Waals surface area contributed by atoms with E-state index in [1.54, 1.807) is 25.3 Å². The first-order chi connectivity index (χ1) is 8.93. The molecular formula is C15H23NO3. The highest BCUT2D eigenvalue weighted by Crippen LogP contribution is 2.28. The average Bonchev–Trinajstić information content (AvgIpc) is 2.39. The molecule has 0 bridgehead atoms. The smallest absolute Gasteiger partial charge is 0.251 e. The molecule has 4 nitrogen and oxygen atoms in total. The number of amides is 1. The minimum atomic E-state index is -0.219. The first-order valence-corrected chi connectivity index (χ1v) is 6.57. The number of carbonyl (C=O) groups is 1. The molecule has 0 aromatic heterocycles. The summed E-state index contributed by atoms with van der Waals surface area (Å²) in [5, 5.41) is 2.99. The minimum Gasteiger partial charge on any atom is -0.493 e. The van der Waals surface area contributed by atoms with Crippen LogP contribution in [0, 0.1) is 0 Å². The number of hydrogen-bond acceptors (Lipinski definition) is 3. The second-order valence-electron chi connectivity index (χ2n) is 4.99. The Kier molecular flexibility index (Phi) is 5.21. The van der Waals surface area contributed by atoms with Gasteiger partial charge in [-0.05, 0) is 45.4 Å². The predicted octanol–water partition coefficient (Wildman–Crippen LogP) is 3.01. The van der Waals surface area contributed by atoms with Gasteiger partial charge in [-0.2, -0.15) is 0 Å². The van der Waals surface area contributed by atoms with Crippen molar-refractivity contribution in [1.29, 1.82) is 0 Å². The van der Waals surface area contributed by atoms with Crippen LogP contribution in [-0.2, 0) is 0 Å². The van der Waals surface area contributed by atoms with E-state index in [4.69, 9.17) is 9.47 Å². The Bertz CT molecular complexity index is 441. The molecule has 0 saturated heterocycles. The number of ether oxygens (including phenoxy) is 2. The highest BCUT2D eigenvalue weighted by molar-refractivity contribution is 5.95. The molecule has 0 heterocycles. The third kappa shape index (κ3) is 4.16. The number of nitrogens with one attached hydrogen (secondary N) is 1. The summed E-state index contributed by atoms with van der Waals surface area (Å²) in [5.74, 6) is 1.12. The number of hydrogen-bond donors (Lipinski definition) is 1. The fraction of sp³-hybridized carbons (Fsp3) is 0.533. The minimum absolute atomic E-state index is 0.104. The highest BCUT2D eigenvalue weighted by atomic mass is 16.5. The van der Waals surface area contributed by atoms with Crippen LogP contribution >= 0.6 is 0 Å². The molecule has 0 fully saturated rings. The second-order valence-corrected chi connectivity index (χ2v) is 4.99. The summed E-state index contributed by atoms with van der Waals surface area (Å²) >= 11 is 0. The molecular weight excluding hydrogens is 242 g/mol. The molecule has 0 spiro atoms. The van der Waals surface area contributed by atoms with Crippen LogP contribution in [-0.4, -0.2) is 25.2 Å². The fourth-order valence-corrected chi connectivity index (χ4v) is 1.55. The van der Waals surface area contributed by atoms with Crippen molar-refractivity contribution in [3.63, 3.8) is 0 Å². The van der Waals surface area contributed by atoms with Gasteiger partial charge in [-0.1, -0.05) is 6.92 Å². The van der Waals surface area contributed by atoms with Crippen LogP contribution in [0.2, 0.25) is 0 Å². The zero-order valence-electron chi connectivity index (χ0n) is 12.4. The molecule has 1 N–H and O–H groups in total. The van der Waals surface area contributed by atoms with E-state index >= 15 is 0 Å². The lowest BCUT2D eigenvalue weighted by Crippen LogP contribution is -2.42. The van der Waals surface area contributed by atoms with E-state index in [9.17, 15) is 4.79 Å². The van der Waals surface area contributed by atoms with E-state index in [2.05, 4.69) is 5.32 Å². The Morgan fingerprint density at radius 3 is 2.47 bits per heavy atom. The summed E-state index contributed by atoms with van der Waals surface area (Å²) in [5.41, 5.74) is 0.352. The molecule has 1 aromatic carbocycles. The number of benzene rings is 1. The van der Waals surface area contributed by atoms with Gasteiger partial charge in [-0.15, -0.1) is 0 Å². The van der Waals surface area contributed by atoms with E-state index < -0.39 is 0 Å². The van der Waals surface area contributed by atoms with Crippen LogP contribution in [0.3, 0.4) is 0 Å². The van der Waals surface area contributed by atoms with Crippen molar-refractivity contribution < 1.29 is 14.3 Å². The van der Waals surface area contributed by atoms with Gasteiger partial charge in [0, 0.05) is 11.1 Å². The van der Waals surface area contributed by atoms with Crippen LogP contribution in [0.4, 0.5) is 0 Å². The molecule has 19 heavy (non-hydrogen) atoms. The maximum Gasteiger partial charge on any atom is 0.251 e. The zero-order chi connectivity index (χ0) is 14.5. The van der Waals surface area contributed by atoms with Crippen molar-refractivity contribution in [2.24, 2.45) is 0 Å². The SMILES string of the molecule is CCOc1ccc(C(=O)NC(C)(C)CC)cc1OC. The quantitative estimate of drug-likeness (QED) is 0.860. The summed E-state index contributed by atoms with van der Waals surface area (Å²) in [6.07, 6.45) is 0.868. The van der Waals surface area contributed by atoms with Crippen LogP contribution in [0.1, 0.15) is 44.5 Å². The van der Waals surface area contributed by atoms with Gasteiger partial charge in [0.25, 0.3) is 5.91 Å². The van der Waals surface area contributed by atoms with E-state index in [-0.39, 0.29) is 11.4 Å². The molecule has 0 atom stereocenters. The van der Waals surface area contributed by atoms with Crippen molar-refractivity contribution in [2.75, 3.05) is 13.7 Å². The first-order valence-electron chi connectivity index (χ1n) is 6.57. The van der Waals surface area contributed by atoms with Crippen LogP contribution < -0.4 is 14.8 Å². The molecule has 0 radical (unpaired) electrons. The van der Waals surface area contributed by atoms with Gasteiger partial charge in [0.1, 0.15) is 0 Å². The summed E-state index contributed by atoms with van der Waals surface area (Å²) in [6.45, 7) is 8.50. The van der Waals surface area contributed by atoms with E-state index in [1.165, 1.54) is 0 Å². The number of methoxy groups -OCH3 is 1. The monoisotopic (exact) mass is 265 g/mol. The number of carbonyl (C=O) groups excluding carboxylic acids is 1. The van der Waals surface area contributed by atoms with Gasteiger partial charge in [0.05, 0.1) is 13.7 Å². The second kappa shape index (κ2) is 6.45. The van der Waals surface area contributed by atoms with Crippen molar-refractivity contribution in [3.05, 3.63) is 23.8 Å². The lowest BCUT2D eigenvalue weighted by atomic mass is 10.0. The van der Waals surface area contributed by atoms with Crippen molar-refractivity contribution in [1.82, 2.24) is 5.32 Å². The third-order valence-electron chi connectivity index (χ3n) is 3.06. The predicted molar refractivity (Wildman–Crippen MR) is 76.0 cm³/mol. The normalized spacial score (nSPS) is 11.0. The van der Waals surface area contributed by atoms with E-state index in [0.29, 0.717) is 23.7 Å². The highest BCUT2D eigenvalue weighted by Gasteiger charge is 2.19. The molecule has 0 saturated carbocycles. The molecule has 1 amide bonds. The Hall–Kier alpha value is -1.71. The molecule has 0 aliphatic heterocycles. The van der Waals surface area contributed by atoms with Gasteiger partial charge in [-0.3, -0.25) is 4.79 Å². The maximum absolute atomic E-state index is 12.1. The molecule has 1 rings (SSSR count). The Morgan fingerprint density at radius 1 is 1.26 bits per heavy atom. The maximum atomic E-state index is 12.1. The fourth-order valence-electron chi connectivity index (χ4n) is 1.55. The van der Waals surface area contributed by atoms with Crippen molar-refractivity contribution in [3.8, 4) is 11.5 Å². The topological polar surface area (TPSA) is 47.6 Å². The van der Waals surface area contributed by atoms with Crippen molar-refractivity contribution >= 4 is 5.91 Å². The first kappa shape index (κ1) is 15.3. The van der Waals surface area contributed by atoms with Gasteiger partial charge >= 0.3 is 0 Å². The average molecular weight is 265 g/mol. The molecule has 0 aliphatic carbocycles. The lowest BCUT2D eigenvalue weighted by Gasteiger charge is -2.24. The van der Waals surface area contributed by atoms with Crippen LogP contribution in [0.5, 0.6) is 11.5 Å². The van der Waals surface area contributed by atoms with Gasteiger partial charge in [0.15, 0.2) is 11.5 Å². The summed E-state index contributed by atoms with van der Waals surface area (Å²) in [4.78, 5) is 12.1. The van der Waals surface area contributed by atoms with Gasteiger partial charge in [-0.25, -0.2) is 0 Å². The Labute approximate surface area is 115 Å². The summed E-state index contributed by atoms with van der Waals surface area (Å²) in [7, 11) is 1.56. The Morgan fingerprint density at radius 2 is 1.95 bits per heavy atom. The zero-order valence-corrected chi connectivity index (χ0v) is 12.4. The van der Waals surface area contributed by atoms with Crippen LogP contribution in [0.15, 0.2) is 18.2 Å². The summed E-state index contributed by atoms with van der Waals surface area (Å²) < 4.78 is 10.7. The molecule has 106 valence electrons. The molecule has 0 unspecified atom stereocenters. The van der Waals surface area contributed by atoms with Gasteiger partial charge in [0.2, 0.25) is 0 Å². The van der Waals surface area contributed by atoms with E-state index in [1.807, 2.05) is 27.7 Å². The van der Waals surface area contributed by atoms with Crippen molar-refractivity contribution in [2.45, 2.75) is 39.7 Å². The molecule has 0 aliphatic rings. The molecule has 4 heteroatoms. The molecule has 1 aromatic rings. The Balaban J connectivity index is 2.93.